The van der Waals surface area contributed by atoms with Crippen molar-refractivity contribution in [2.24, 2.45) is 5.92 Å². The maximum absolute atomic E-state index is 12.6. The first-order chi connectivity index (χ1) is 8.64. The molecule has 0 bridgehead atoms. The number of nitrogens with one attached hydrogen (secondary N) is 1. The van der Waals surface area contributed by atoms with Gasteiger partial charge in [-0.15, -0.1) is 0 Å². The Morgan fingerprint density at radius 3 is 2.21 bits per heavy atom. The lowest BCUT2D eigenvalue weighted by Gasteiger charge is -2.29. The highest BCUT2D eigenvalue weighted by molar-refractivity contribution is 5.84. The highest BCUT2D eigenvalue weighted by Crippen LogP contribution is 2.35. The molecule has 0 aromatic carbocycles. The van der Waals surface area contributed by atoms with E-state index >= 15 is 0 Å². The molecule has 1 N–H and O–H groups in total. The minimum atomic E-state index is -5.84. The first-order valence-electron chi connectivity index (χ1n) is 6.06. The molecular weight excluding hydrogens is 271 g/mol. The van der Waals surface area contributed by atoms with Crippen LogP contribution in [-0.4, -0.2) is 49.6 Å². The van der Waals surface area contributed by atoms with Crippen LogP contribution in [0.4, 0.5) is 22.0 Å². The topological polar surface area (TPSA) is 32.3 Å². The molecule has 1 aliphatic rings. The van der Waals surface area contributed by atoms with E-state index in [9.17, 15) is 26.7 Å². The lowest BCUT2D eigenvalue weighted by atomic mass is 9.94. The minimum absolute atomic E-state index is 0.154. The summed E-state index contributed by atoms with van der Waals surface area (Å²) in [7, 11) is 1.96. The number of alkyl halides is 5. The van der Waals surface area contributed by atoms with Crippen molar-refractivity contribution >= 4 is 5.91 Å². The molecule has 3 nitrogen and oxygen atoms in total. The van der Waals surface area contributed by atoms with E-state index < -0.39 is 18.0 Å². The van der Waals surface area contributed by atoms with Crippen molar-refractivity contribution in [2.75, 3.05) is 26.7 Å². The van der Waals surface area contributed by atoms with Gasteiger partial charge in [0.25, 0.3) is 5.91 Å². The average molecular weight is 288 g/mol. The van der Waals surface area contributed by atoms with E-state index in [2.05, 4.69) is 4.90 Å². The molecule has 1 rings (SSSR count). The second kappa shape index (κ2) is 6.02. The third-order valence-electron chi connectivity index (χ3n) is 3.32. The Morgan fingerprint density at radius 1 is 1.21 bits per heavy atom. The molecule has 1 saturated heterocycles. The van der Waals surface area contributed by atoms with Gasteiger partial charge < -0.3 is 10.2 Å². The van der Waals surface area contributed by atoms with Crippen LogP contribution < -0.4 is 5.32 Å². The molecule has 1 amide bonds. The summed E-state index contributed by atoms with van der Waals surface area (Å²) >= 11 is 0. The van der Waals surface area contributed by atoms with Crippen molar-refractivity contribution in [2.45, 2.75) is 31.4 Å². The van der Waals surface area contributed by atoms with Gasteiger partial charge in [-0.3, -0.25) is 4.79 Å². The van der Waals surface area contributed by atoms with Crippen LogP contribution in [0.1, 0.15) is 19.3 Å². The van der Waals surface area contributed by atoms with Crippen LogP contribution in [-0.2, 0) is 4.79 Å². The molecule has 0 saturated carbocycles. The van der Waals surface area contributed by atoms with Gasteiger partial charge in [0.05, 0.1) is 0 Å². The molecular formula is C11H17F5N2O. The minimum Gasteiger partial charge on any atom is -0.351 e. The Morgan fingerprint density at radius 2 is 1.74 bits per heavy atom. The predicted molar refractivity (Wildman–Crippen MR) is 58.8 cm³/mol. The lowest BCUT2D eigenvalue weighted by molar-refractivity contribution is -0.269. The van der Waals surface area contributed by atoms with Crippen LogP contribution in [0.5, 0.6) is 0 Å². The molecule has 0 aliphatic carbocycles. The summed E-state index contributed by atoms with van der Waals surface area (Å²) in [5.41, 5.74) is 0. The fourth-order valence-electron chi connectivity index (χ4n) is 1.98. The summed E-state index contributed by atoms with van der Waals surface area (Å²) in [4.78, 5) is 12.9. The van der Waals surface area contributed by atoms with Gasteiger partial charge in [0.2, 0.25) is 0 Å². The molecule has 0 aromatic rings. The maximum atomic E-state index is 12.6. The van der Waals surface area contributed by atoms with Crippen LogP contribution in [0, 0.1) is 5.92 Å². The Kier molecular flexibility index (Phi) is 5.11. The molecule has 112 valence electrons. The fourth-order valence-corrected chi connectivity index (χ4v) is 1.98. The van der Waals surface area contributed by atoms with Crippen molar-refractivity contribution in [3.8, 4) is 0 Å². The summed E-state index contributed by atoms with van der Waals surface area (Å²) < 4.78 is 60.9. The Bertz CT molecular complexity index is 311. The fraction of sp³-hybridized carbons (Fsp3) is 0.909. The molecule has 0 aromatic heterocycles. The molecule has 0 atom stereocenters. The number of carbonyl (C=O) groups is 1. The van der Waals surface area contributed by atoms with Gasteiger partial charge in [0.15, 0.2) is 0 Å². The molecule has 0 radical (unpaired) electrons. The van der Waals surface area contributed by atoms with Crippen molar-refractivity contribution in [3.05, 3.63) is 0 Å². The Hall–Kier alpha value is -0.920. The Labute approximate surface area is 108 Å². The summed E-state index contributed by atoms with van der Waals surface area (Å²) in [5, 5.41) is 1.67. The molecule has 1 fully saturated rings. The van der Waals surface area contributed by atoms with E-state index in [1.54, 1.807) is 5.32 Å². The zero-order chi connectivity index (χ0) is 14.7. The van der Waals surface area contributed by atoms with Gasteiger partial charge in [0.1, 0.15) is 0 Å². The average Bonchev–Trinajstić information content (AvgIpc) is 2.30. The van der Waals surface area contributed by atoms with Gasteiger partial charge in [0, 0.05) is 6.54 Å². The zero-order valence-electron chi connectivity index (χ0n) is 10.6. The zero-order valence-corrected chi connectivity index (χ0v) is 10.6. The summed E-state index contributed by atoms with van der Waals surface area (Å²) in [6.45, 7) is 1.59. The van der Waals surface area contributed by atoms with E-state index in [0.717, 1.165) is 25.9 Å². The number of hydrogen-bond donors (Lipinski definition) is 1. The molecule has 1 aliphatic heterocycles. The molecule has 1 heterocycles. The van der Waals surface area contributed by atoms with Gasteiger partial charge in [-0.05, 0) is 45.3 Å². The molecule has 8 heteroatoms. The molecule has 19 heavy (non-hydrogen) atoms. The van der Waals surface area contributed by atoms with Gasteiger partial charge >= 0.3 is 12.1 Å². The van der Waals surface area contributed by atoms with Crippen molar-refractivity contribution in [1.82, 2.24) is 10.2 Å². The lowest BCUT2D eigenvalue weighted by Crippen LogP contribution is -2.50. The van der Waals surface area contributed by atoms with Crippen LogP contribution in [0.25, 0.3) is 0 Å². The van der Waals surface area contributed by atoms with E-state index in [0.29, 0.717) is 6.42 Å². The highest BCUT2D eigenvalue weighted by atomic mass is 19.4. The number of hydrogen-bond acceptors (Lipinski definition) is 2. The third-order valence-corrected chi connectivity index (χ3v) is 3.32. The number of carbonyl (C=O) groups excluding carboxylic acids is 1. The monoisotopic (exact) mass is 288 g/mol. The van der Waals surface area contributed by atoms with E-state index in [1.807, 2.05) is 7.05 Å². The number of likely N-dealkylation sites (tertiary alicyclic amines) is 1. The predicted octanol–water partition coefficient (Wildman–Crippen LogP) is 2.03. The highest BCUT2D eigenvalue weighted by Gasteiger charge is 2.63. The maximum Gasteiger partial charge on any atom is 0.463 e. The first-order valence-corrected chi connectivity index (χ1v) is 6.06. The Balaban J connectivity index is 2.31. The van der Waals surface area contributed by atoms with Gasteiger partial charge in [-0.25, -0.2) is 0 Å². The largest absolute Gasteiger partial charge is 0.463 e. The number of rotatable bonds is 4. The SMILES string of the molecule is CN1CCC(CCNC(=O)C(F)(F)C(F)(F)F)CC1. The third kappa shape index (κ3) is 4.29. The molecule has 0 spiro atoms. The summed E-state index contributed by atoms with van der Waals surface area (Å²) in [6.07, 6.45) is -3.69. The van der Waals surface area contributed by atoms with Gasteiger partial charge in [-0.1, -0.05) is 0 Å². The van der Waals surface area contributed by atoms with Crippen LogP contribution in [0.3, 0.4) is 0 Å². The number of piperidine rings is 1. The summed E-state index contributed by atoms with van der Waals surface area (Å²) in [6, 6.07) is 0. The van der Waals surface area contributed by atoms with E-state index in [1.165, 1.54) is 0 Å². The smallest absolute Gasteiger partial charge is 0.351 e. The van der Waals surface area contributed by atoms with E-state index in [-0.39, 0.29) is 12.5 Å². The second-order valence-electron chi connectivity index (χ2n) is 4.86. The van der Waals surface area contributed by atoms with Gasteiger partial charge in [-0.2, -0.15) is 22.0 Å². The normalized spacial score (nSPS) is 19.5. The molecule has 0 unspecified atom stereocenters. The summed E-state index contributed by atoms with van der Waals surface area (Å²) in [5.74, 6) is -7.33. The van der Waals surface area contributed by atoms with Crippen molar-refractivity contribution < 1.29 is 26.7 Å². The first kappa shape index (κ1) is 16.1. The van der Waals surface area contributed by atoms with Crippen molar-refractivity contribution in [3.63, 3.8) is 0 Å². The number of nitrogens with zero attached hydrogens (tertiary/aromatic N) is 1. The van der Waals surface area contributed by atoms with Crippen LogP contribution in [0.2, 0.25) is 0 Å². The number of halogens is 5. The van der Waals surface area contributed by atoms with Crippen molar-refractivity contribution in [1.29, 1.82) is 0 Å². The second-order valence-corrected chi connectivity index (χ2v) is 4.86. The van der Waals surface area contributed by atoms with Crippen LogP contribution in [0.15, 0.2) is 0 Å². The van der Waals surface area contributed by atoms with E-state index in [4.69, 9.17) is 0 Å². The van der Waals surface area contributed by atoms with Crippen LogP contribution >= 0.6 is 0 Å². The quantitative estimate of drug-likeness (QED) is 0.803. The number of amides is 1. The standard InChI is InChI=1S/C11H17F5N2O/c1-18-6-3-8(4-7-18)2-5-17-9(19)10(12,13)11(14,15)16/h8H,2-7H2,1H3,(H,17,19).